The van der Waals surface area contributed by atoms with E-state index in [9.17, 15) is 4.79 Å². The molecule has 1 aliphatic heterocycles. The molecular formula is C19H22ClN3O2. The quantitative estimate of drug-likeness (QED) is 0.857. The Morgan fingerprint density at radius 2 is 2.16 bits per heavy atom. The molecule has 0 unspecified atom stereocenters. The molecule has 4 rings (SSSR count). The van der Waals surface area contributed by atoms with Crippen LogP contribution >= 0.6 is 11.6 Å². The number of nitrogens with one attached hydrogen (secondary N) is 1. The van der Waals surface area contributed by atoms with E-state index in [1.165, 1.54) is 25.8 Å². The molecule has 2 heterocycles. The molecule has 5 nitrogen and oxygen atoms in total. The van der Waals surface area contributed by atoms with E-state index in [0.29, 0.717) is 29.8 Å². The smallest absolute Gasteiger partial charge is 0.221 e. The van der Waals surface area contributed by atoms with Gasteiger partial charge in [-0.15, -0.1) is 0 Å². The fourth-order valence-electron chi connectivity index (χ4n) is 3.97. The summed E-state index contributed by atoms with van der Waals surface area (Å²) in [7, 11) is 0. The van der Waals surface area contributed by atoms with Crippen molar-refractivity contribution in [2.24, 2.45) is 5.92 Å². The van der Waals surface area contributed by atoms with Crippen molar-refractivity contribution in [1.29, 1.82) is 0 Å². The number of carbonyl (C=O) groups is 1. The molecule has 6 heteroatoms. The van der Waals surface area contributed by atoms with Crippen LogP contribution in [0, 0.1) is 5.92 Å². The fraction of sp³-hybridized carbons (Fsp3) is 0.474. The highest BCUT2D eigenvalue weighted by atomic mass is 35.5. The first-order valence-electron chi connectivity index (χ1n) is 8.89. The van der Waals surface area contributed by atoms with Gasteiger partial charge in [0, 0.05) is 42.2 Å². The van der Waals surface area contributed by atoms with Gasteiger partial charge in [0.05, 0.1) is 6.54 Å². The maximum atomic E-state index is 12.1. The van der Waals surface area contributed by atoms with Gasteiger partial charge < -0.3 is 9.84 Å². The third-order valence-corrected chi connectivity index (χ3v) is 5.56. The van der Waals surface area contributed by atoms with Crippen LogP contribution in [0.4, 0.5) is 0 Å². The van der Waals surface area contributed by atoms with Crippen LogP contribution in [0.3, 0.4) is 0 Å². The SMILES string of the molecule is O=C(CCN1C[C@H]2CC[C@@H]1C2)NCc1cc(-c2ccc(Cl)cc2)no1. The maximum Gasteiger partial charge on any atom is 0.221 e. The molecule has 2 bridgehead atoms. The minimum absolute atomic E-state index is 0.0622. The predicted octanol–water partition coefficient (Wildman–Crippen LogP) is 3.49. The highest BCUT2D eigenvalue weighted by Gasteiger charge is 2.37. The number of hydrogen-bond acceptors (Lipinski definition) is 4. The van der Waals surface area contributed by atoms with Gasteiger partial charge in [0.25, 0.3) is 0 Å². The van der Waals surface area contributed by atoms with Crippen molar-refractivity contribution in [2.45, 2.75) is 38.3 Å². The molecule has 1 aromatic carbocycles. The average molecular weight is 360 g/mol. The van der Waals surface area contributed by atoms with Crippen molar-refractivity contribution >= 4 is 17.5 Å². The summed E-state index contributed by atoms with van der Waals surface area (Å²) >= 11 is 5.89. The molecule has 132 valence electrons. The molecule has 0 spiro atoms. The molecule has 1 aromatic heterocycles. The van der Waals surface area contributed by atoms with Gasteiger partial charge in [0.1, 0.15) is 5.69 Å². The van der Waals surface area contributed by atoms with E-state index in [0.717, 1.165) is 23.7 Å². The zero-order chi connectivity index (χ0) is 17.2. The number of aromatic nitrogens is 1. The predicted molar refractivity (Wildman–Crippen MR) is 96.1 cm³/mol. The van der Waals surface area contributed by atoms with Crippen molar-refractivity contribution < 1.29 is 9.32 Å². The lowest BCUT2D eigenvalue weighted by molar-refractivity contribution is -0.121. The van der Waals surface area contributed by atoms with Crippen LogP contribution in [0.5, 0.6) is 0 Å². The fourth-order valence-corrected chi connectivity index (χ4v) is 4.10. The molecule has 1 aliphatic carbocycles. The third kappa shape index (κ3) is 3.88. The normalized spacial score (nSPS) is 22.4. The molecule has 1 N–H and O–H groups in total. The average Bonchev–Trinajstić information content (AvgIpc) is 3.35. The third-order valence-electron chi connectivity index (χ3n) is 5.31. The summed E-state index contributed by atoms with van der Waals surface area (Å²) in [6, 6.07) is 9.99. The zero-order valence-corrected chi connectivity index (χ0v) is 14.8. The van der Waals surface area contributed by atoms with Crippen molar-refractivity contribution in [2.75, 3.05) is 13.1 Å². The lowest BCUT2D eigenvalue weighted by atomic mass is 10.1. The number of nitrogens with zero attached hydrogens (tertiary/aromatic N) is 2. The first-order chi connectivity index (χ1) is 12.2. The Bertz CT molecular complexity index is 743. The van der Waals surface area contributed by atoms with Gasteiger partial charge in [-0.05, 0) is 37.3 Å². The van der Waals surface area contributed by atoms with Crippen LogP contribution in [0.2, 0.25) is 5.02 Å². The standard InChI is InChI=1S/C19H22ClN3O2/c20-15-4-2-14(3-5-15)18-10-17(25-22-18)11-21-19(24)7-8-23-12-13-1-6-16(23)9-13/h2-5,10,13,16H,1,6-9,11-12H2,(H,21,24)/t13-,16+/m0/s1. The summed E-state index contributed by atoms with van der Waals surface area (Å²) < 4.78 is 5.31. The van der Waals surface area contributed by atoms with Gasteiger partial charge in [0.2, 0.25) is 5.91 Å². The van der Waals surface area contributed by atoms with Crippen LogP contribution < -0.4 is 5.32 Å². The Morgan fingerprint density at radius 1 is 1.32 bits per heavy atom. The highest BCUT2D eigenvalue weighted by molar-refractivity contribution is 6.30. The van der Waals surface area contributed by atoms with Gasteiger partial charge in [-0.3, -0.25) is 9.69 Å². The molecule has 1 saturated heterocycles. The molecule has 25 heavy (non-hydrogen) atoms. The van der Waals surface area contributed by atoms with Crippen LogP contribution in [-0.4, -0.2) is 35.1 Å². The van der Waals surface area contributed by atoms with Gasteiger partial charge >= 0.3 is 0 Å². The van der Waals surface area contributed by atoms with Crippen molar-refractivity contribution in [3.05, 3.63) is 41.1 Å². The van der Waals surface area contributed by atoms with Crippen LogP contribution in [0.25, 0.3) is 11.3 Å². The molecule has 1 saturated carbocycles. The largest absolute Gasteiger partial charge is 0.359 e. The Hall–Kier alpha value is -1.85. The molecule has 1 amide bonds. The van der Waals surface area contributed by atoms with E-state index >= 15 is 0 Å². The van der Waals surface area contributed by atoms with E-state index in [1.807, 2.05) is 30.3 Å². The first kappa shape index (κ1) is 16.6. The number of piperidine rings is 1. The van der Waals surface area contributed by atoms with E-state index in [1.54, 1.807) is 0 Å². The Labute approximate surface area is 152 Å². The van der Waals surface area contributed by atoms with E-state index < -0.39 is 0 Å². The summed E-state index contributed by atoms with van der Waals surface area (Å²) in [6.45, 7) is 2.40. The number of rotatable bonds is 6. The minimum Gasteiger partial charge on any atom is -0.359 e. The second-order valence-corrected chi connectivity index (χ2v) is 7.48. The molecule has 2 fully saturated rings. The summed E-state index contributed by atoms with van der Waals surface area (Å²) in [5.74, 6) is 1.58. The molecule has 0 radical (unpaired) electrons. The number of benzene rings is 1. The molecular weight excluding hydrogens is 338 g/mol. The van der Waals surface area contributed by atoms with Crippen molar-refractivity contribution in [1.82, 2.24) is 15.4 Å². The highest BCUT2D eigenvalue weighted by Crippen LogP contribution is 2.37. The zero-order valence-electron chi connectivity index (χ0n) is 14.1. The maximum absolute atomic E-state index is 12.1. The van der Waals surface area contributed by atoms with Gasteiger partial charge in [-0.1, -0.05) is 28.9 Å². The van der Waals surface area contributed by atoms with Crippen molar-refractivity contribution in [3.8, 4) is 11.3 Å². The van der Waals surface area contributed by atoms with E-state index in [-0.39, 0.29) is 5.91 Å². The van der Waals surface area contributed by atoms with E-state index in [4.69, 9.17) is 16.1 Å². The monoisotopic (exact) mass is 359 g/mol. The van der Waals surface area contributed by atoms with Gasteiger partial charge in [-0.2, -0.15) is 0 Å². The number of amides is 1. The molecule has 2 aliphatic rings. The van der Waals surface area contributed by atoms with Crippen molar-refractivity contribution in [3.63, 3.8) is 0 Å². The topological polar surface area (TPSA) is 58.4 Å². The van der Waals surface area contributed by atoms with E-state index in [2.05, 4.69) is 15.4 Å². The van der Waals surface area contributed by atoms with Crippen LogP contribution in [0.1, 0.15) is 31.4 Å². The van der Waals surface area contributed by atoms with Gasteiger partial charge in [0.15, 0.2) is 5.76 Å². The summed E-state index contributed by atoms with van der Waals surface area (Å²) in [5, 5.41) is 7.66. The van der Waals surface area contributed by atoms with Gasteiger partial charge in [-0.25, -0.2) is 0 Å². The molecule has 2 aromatic rings. The van der Waals surface area contributed by atoms with Crippen LogP contribution in [-0.2, 0) is 11.3 Å². The Morgan fingerprint density at radius 3 is 2.88 bits per heavy atom. The number of hydrogen-bond donors (Lipinski definition) is 1. The lowest BCUT2D eigenvalue weighted by Crippen LogP contribution is -2.35. The Kier molecular flexibility index (Phi) is 4.77. The van der Waals surface area contributed by atoms with Crippen LogP contribution in [0.15, 0.2) is 34.9 Å². The minimum atomic E-state index is 0.0622. The second kappa shape index (κ2) is 7.18. The summed E-state index contributed by atoms with van der Waals surface area (Å²) in [4.78, 5) is 14.6. The Balaban J connectivity index is 1.24. The summed E-state index contributed by atoms with van der Waals surface area (Å²) in [5.41, 5.74) is 1.68. The number of fused-ring (bicyclic) bond motifs is 2. The lowest BCUT2D eigenvalue weighted by Gasteiger charge is -2.26. The number of likely N-dealkylation sites (tertiary alicyclic amines) is 1. The first-order valence-corrected chi connectivity index (χ1v) is 9.27. The number of carbonyl (C=O) groups excluding carboxylic acids is 1. The summed E-state index contributed by atoms with van der Waals surface area (Å²) in [6.07, 6.45) is 4.54. The second-order valence-electron chi connectivity index (χ2n) is 7.04. The number of halogens is 1. The molecule has 2 atom stereocenters.